The first kappa shape index (κ1) is 21.3. The summed E-state index contributed by atoms with van der Waals surface area (Å²) >= 11 is 0. The zero-order chi connectivity index (χ0) is 20.9. The van der Waals surface area contributed by atoms with Gasteiger partial charge in [-0.15, -0.1) is 13.2 Å². The van der Waals surface area contributed by atoms with Crippen LogP contribution in [0.4, 0.5) is 18.0 Å². The van der Waals surface area contributed by atoms with Crippen molar-refractivity contribution in [2.75, 3.05) is 7.11 Å². The lowest BCUT2D eigenvalue weighted by Crippen LogP contribution is -2.32. The van der Waals surface area contributed by atoms with E-state index in [-0.39, 0.29) is 23.7 Å². The number of alkyl carbamates (subject to hydrolysis) is 1. The molecule has 0 saturated carbocycles. The fraction of sp³-hybridized carbons (Fsp3) is 0.368. The third-order valence-corrected chi connectivity index (χ3v) is 3.33. The second kappa shape index (κ2) is 8.37. The van der Waals surface area contributed by atoms with Crippen LogP contribution in [0.1, 0.15) is 26.5 Å². The van der Waals surface area contributed by atoms with E-state index in [0.29, 0.717) is 11.3 Å². The van der Waals surface area contributed by atoms with Gasteiger partial charge in [-0.3, -0.25) is 0 Å². The molecule has 0 spiro atoms. The lowest BCUT2D eigenvalue weighted by atomic mass is 10.1. The zero-order valence-corrected chi connectivity index (χ0v) is 15.9. The Morgan fingerprint density at radius 3 is 2.36 bits per heavy atom. The Morgan fingerprint density at radius 1 is 1.07 bits per heavy atom. The number of hydrogen-bond donors (Lipinski definition) is 1. The first-order valence-corrected chi connectivity index (χ1v) is 8.34. The Kier molecular flexibility index (Phi) is 6.37. The van der Waals surface area contributed by atoms with Gasteiger partial charge >= 0.3 is 12.5 Å². The van der Waals surface area contributed by atoms with Gasteiger partial charge in [-0.25, -0.2) is 9.78 Å². The summed E-state index contributed by atoms with van der Waals surface area (Å²) in [5.41, 5.74) is 0.307. The lowest BCUT2D eigenvalue weighted by Gasteiger charge is -2.19. The van der Waals surface area contributed by atoms with Crippen LogP contribution in [-0.2, 0) is 11.3 Å². The molecule has 6 nitrogen and oxygen atoms in total. The Morgan fingerprint density at radius 2 is 1.75 bits per heavy atom. The van der Waals surface area contributed by atoms with Crippen molar-refractivity contribution in [3.8, 4) is 22.8 Å². The summed E-state index contributed by atoms with van der Waals surface area (Å²) in [5, 5.41) is 2.56. The normalized spacial score (nSPS) is 11.7. The summed E-state index contributed by atoms with van der Waals surface area (Å²) in [6.07, 6.45) is -5.44. The Labute approximate surface area is 160 Å². The number of methoxy groups -OCH3 is 1. The number of para-hydroxylation sites is 1. The van der Waals surface area contributed by atoms with Crippen molar-refractivity contribution in [2.24, 2.45) is 0 Å². The van der Waals surface area contributed by atoms with E-state index in [1.165, 1.54) is 25.3 Å². The number of amides is 1. The maximum atomic E-state index is 12.7. The Hall–Kier alpha value is -2.97. The van der Waals surface area contributed by atoms with E-state index in [1.807, 2.05) is 0 Å². The van der Waals surface area contributed by atoms with Gasteiger partial charge in [0.1, 0.15) is 11.4 Å². The molecular formula is C19H21F3N2O4. The summed E-state index contributed by atoms with van der Waals surface area (Å²) in [4.78, 5) is 16.0. The molecule has 0 unspecified atom stereocenters. The number of nitrogens with one attached hydrogen (secondary N) is 1. The molecule has 28 heavy (non-hydrogen) atoms. The van der Waals surface area contributed by atoms with E-state index in [9.17, 15) is 18.0 Å². The van der Waals surface area contributed by atoms with Crippen molar-refractivity contribution < 1.29 is 32.2 Å². The van der Waals surface area contributed by atoms with Crippen molar-refractivity contribution in [3.63, 3.8) is 0 Å². The van der Waals surface area contributed by atoms with E-state index in [1.54, 1.807) is 39.0 Å². The van der Waals surface area contributed by atoms with Gasteiger partial charge in [-0.1, -0.05) is 18.2 Å². The number of pyridine rings is 1. The summed E-state index contributed by atoms with van der Waals surface area (Å²) in [6.45, 7) is 5.28. The minimum atomic E-state index is -4.83. The molecule has 0 atom stereocenters. The zero-order valence-electron chi connectivity index (χ0n) is 15.9. The van der Waals surface area contributed by atoms with Crippen LogP contribution in [0, 0.1) is 0 Å². The quantitative estimate of drug-likeness (QED) is 0.792. The summed E-state index contributed by atoms with van der Waals surface area (Å²) in [6, 6.07) is 8.81. The second-order valence-electron chi connectivity index (χ2n) is 6.76. The van der Waals surface area contributed by atoms with Crippen LogP contribution in [0.25, 0.3) is 11.1 Å². The van der Waals surface area contributed by atoms with Gasteiger partial charge in [0.25, 0.3) is 0 Å². The molecule has 1 aromatic carbocycles. The van der Waals surface area contributed by atoms with Crippen LogP contribution in [0.15, 0.2) is 36.4 Å². The van der Waals surface area contributed by atoms with Crippen LogP contribution < -0.4 is 14.8 Å². The van der Waals surface area contributed by atoms with Crippen LogP contribution in [0.3, 0.4) is 0 Å². The molecule has 1 amide bonds. The third-order valence-electron chi connectivity index (χ3n) is 3.33. The number of nitrogens with zero attached hydrogens (tertiary/aromatic N) is 1. The number of carbonyl (C=O) groups is 1. The maximum absolute atomic E-state index is 12.7. The third kappa shape index (κ3) is 6.33. The average Bonchev–Trinajstić information content (AvgIpc) is 2.57. The largest absolute Gasteiger partial charge is 0.573 e. The number of rotatable bonds is 5. The second-order valence-corrected chi connectivity index (χ2v) is 6.76. The average molecular weight is 398 g/mol. The molecule has 152 valence electrons. The minimum Gasteiger partial charge on any atom is -0.481 e. The lowest BCUT2D eigenvalue weighted by molar-refractivity contribution is -0.274. The number of carbonyl (C=O) groups excluding carboxylic acids is 1. The van der Waals surface area contributed by atoms with Gasteiger partial charge in [-0.05, 0) is 39.0 Å². The van der Waals surface area contributed by atoms with Gasteiger partial charge < -0.3 is 19.5 Å². The summed E-state index contributed by atoms with van der Waals surface area (Å²) in [7, 11) is 1.35. The molecule has 0 radical (unpaired) electrons. The molecule has 9 heteroatoms. The van der Waals surface area contributed by atoms with Crippen molar-refractivity contribution >= 4 is 6.09 Å². The van der Waals surface area contributed by atoms with Gasteiger partial charge in [0, 0.05) is 11.1 Å². The Balaban J connectivity index is 2.24. The van der Waals surface area contributed by atoms with Gasteiger partial charge in [0.05, 0.1) is 19.3 Å². The van der Waals surface area contributed by atoms with Crippen molar-refractivity contribution in [1.29, 1.82) is 0 Å². The standard InChI is InChI=1S/C19H21F3N2O4/c1-18(2,3)28-17(25)23-11-12-9-10-14(16(24-12)26-4)13-7-5-6-8-15(13)27-19(20,21)22/h5-10H,11H2,1-4H3,(H,23,25). The highest BCUT2D eigenvalue weighted by atomic mass is 19.4. The molecular weight excluding hydrogens is 377 g/mol. The number of aromatic nitrogens is 1. The predicted molar refractivity (Wildman–Crippen MR) is 96.0 cm³/mol. The van der Waals surface area contributed by atoms with E-state index in [4.69, 9.17) is 9.47 Å². The topological polar surface area (TPSA) is 69.7 Å². The number of hydrogen-bond acceptors (Lipinski definition) is 5. The maximum Gasteiger partial charge on any atom is 0.573 e. The molecule has 1 N–H and O–H groups in total. The monoisotopic (exact) mass is 398 g/mol. The van der Waals surface area contributed by atoms with Gasteiger partial charge in [-0.2, -0.15) is 0 Å². The molecule has 0 aliphatic heterocycles. The first-order valence-electron chi connectivity index (χ1n) is 8.34. The number of ether oxygens (including phenoxy) is 3. The van der Waals surface area contributed by atoms with Crippen LogP contribution in [0.2, 0.25) is 0 Å². The molecule has 2 aromatic rings. The molecule has 0 fully saturated rings. The highest BCUT2D eigenvalue weighted by Crippen LogP contribution is 2.37. The summed E-state index contributed by atoms with van der Waals surface area (Å²) in [5.74, 6) is -0.267. The molecule has 0 bridgehead atoms. The molecule has 1 heterocycles. The highest BCUT2D eigenvalue weighted by molar-refractivity contribution is 5.74. The molecule has 1 aromatic heterocycles. The Bertz CT molecular complexity index is 833. The number of alkyl halides is 3. The van der Waals surface area contributed by atoms with Gasteiger partial charge in [0.15, 0.2) is 0 Å². The van der Waals surface area contributed by atoms with E-state index in [2.05, 4.69) is 15.0 Å². The van der Waals surface area contributed by atoms with Crippen LogP contribution in [-0.4, -0.2) is 30.2 Å². The fourth-order valence-corrected chi connectivity index (χ4v) is 2.32. The summed E-state index contributed by atoms with van der Waals surface area (Å²) < 4.78 is 52.4. The van der Waals surface area contributed by atoms with Crippen LogP contribution >= 0.6 is 0 Å². The molecule has 2 rings (SSSR count). The smallest absolute Gasteiger partial charge is 0.481 e. The number of benzene rings is 1. The van der Waals surface area contributed by atoms with Crippen LogP contribution in [0.5, 0.6) is 11.6 Å². The number of halogens is 3. The van der Waals surface area contributed by atoms with E-state index >= 15 is 0 Å². The molecule has 0 saturated heterocycles. The van der Waals surface area contributed by atoms with E-state index < -0.39 is 18.1 Å². The molecule has 0 aliphatic carbocycles. The molecule has 0 aliphatic rings. The SMILES string of the molecule is COc1nc(CNC(=O)OC(C)(C)C)ccc1-c1ccccc1OC(F)(F)F. The minimum absolute atomic E-state index is 0.0618. The highest BCUT2D eigenvalue weighted by Gasteiger charge is 2.32. The van der Waals surface area contributed by atoms with Crippen molar-refractivity contribution in [3.05, 3.63) is 42.1 Å². The van der Waals surface area contributed by atoms with Gasteiger partial charge in [0.2, 0.25) is 5.88 Å². The first-order chi connectivity index (χ1) is 13.0. The fourth-order valence-electron chi connectivity index (χ4n) is 2.32. The van der Waals surface area contributed by atoms with E-state index in [0.717, 1.165) is 0 Å². The van der Waals surface area contributed by atoms with Crippen molar-refractivity contribution in [1.82, 2.24) is 10.3 Å². The van der Waals surface area contributed by atoms with Crippen molar-refractivity contribution in [2.45, 2.75) is 39.3 Å². The predicted octanol–water partition coefficient (Wildman–Crippen LogP) is 4.68.